The van der Waals surface area contributed by atoms with E-state index in [4.69, 9.17) is 4.52 Å². The summed E-state index contributed by atoms with van der Waals surface area (Å²) in [7, 11) is 0. The first-order valence-corrected chi connectivity index (χ1v) is 6.66. The Balaban J connectivity index is 2.15. The smallest absolute Gasteiger partial charge is 0.356 e. The molecule has 1 aromatic heterocycles. The molecule has 0 aliphatic heterocycles. The highest BCUT2D eigenvalue weighted by Gasteiger charge is 2.31. The van der Waals surface area contributed by atoms with Crippen molar-refractivity contribution < 1.29 is 17.7 Å². The molecular weight excluding hydrogens is 291 g/mol. The van der Waals surface area contributed by atoms with Crippen LogP contribution in [-0.4, -0.2) is 5.16 Å². The van der Waals surface area contributed by atoms with Crippen LogP contribution in [0.2, 0.25) is 0 Å². The highest BCUT2D eigenvalue weighted by Crippen LogP contribution is 2.35. The maximum absolute atomic E-state index is 12.7. The molecule has 0 aliphatic carbocycles. The molecule has 112 valence electrons. The Bertz CT molecular complexity index is 833. The summed E-state index contributed by atoms with van der Waals surface area (Å²) < 4.78 is 43.3. The molecule has 22 heavy (non-hydrogen) atoms. The van der Waals surface area contributed by atoms with E-state index in [1.807, 2.05) is 24.3 Å². The van der Waals surface area contributed by atoms with Crippen molar-refractivity contribution in [2.24, 2.45) is 0 Å². The van der Waals surface area contributed by atoms with Crippen molar-refractivity contribution >= 4 is 11.0 Å². The van der Waals surface area contributed by atoms with E-state index in [0.29, 0.717) is 17.5 Å². The van der Waals surface area contributed by atoms with Crippen LogP contribution in [0.1, 0.15) is 11.1 Å². The summed E-state index contributed by atoms with van der Waals surface area (Å²) in [4.78, 5) is 0. The van der Waals surface area contributed by atoms with Gasteiger partial charge in [-0.25, -0.2) is 0 Å². The van der Waals surface area contributed by atoms with Gasteiger partial charge in [0.1, 0.15) is 5.69 Å². The second-order valence-electron chi connectivity index (χ2n) is 4.89. The zero-order valence-electron chi connectivity index (χ0n) is 11.5. The van der Waals surface area contributed by atoms with Crippen LogP contribution in [0.25, 0.3) is 22.2 Å². The van der Waals surface area contributed by atoms with Gasteiger partial charge in [0, 0.05) is 10.9 Å². The van der Waals surface area contributed by atoms with Gasteiger partial charge in [-0.2, -0.15) is 13.2 Å². The van der Waals surface area contributed by atoms with Gasteiger partial charge in [0.25, 0.3) is 0 Å². The van der Waals surface area contributed by atoms with E-state index in [-0.39, 0.29) is 5.58 Å². The molecule has 0 saturated heterocycles. The first-order chi connectivity index (χ1) is 10.5. The average molecular weight is 303 g/mol. The standard InChI is InChI=1S/C17H12F3NO/c1-2-5-11-6-3-4-7-13(11)16-14-9-8-12(17(18,19)20)10-15(14)22-21-16/h2-4,6-10H,1,5H2. The predicted molar refractivity (Wildman–Crippen MR) is 78.3 cm³/mol. The molecule has 0 atom stereocenters. The van der Waals surface area contributed by atoms with Crippen molar-refractivity contribution in [3.8, 4) is 11.3 Å². The molecule has 0 bridgehead atoms. The molecule has 3 rings (SSSR count). The average Bonchev–Trinajstić information content (AvgIpc) is 2.90. The summed E-state index contributed by atoms with van der Waals surface area (Å²) in [5.41, 5.74) is 1.75. The fraction of sp³-hybridized carbons (Fsp3) is 0.118. The monoisotopic (exact) mass is 303 g/mol. The van der Waals surface area contributed by atoms with Crippen molar-refractivity contribution in [3.63, 3.8) is 0 Å². The third-order valence-electron chi connectivity index (χ3n) is 3.44. The summed E-state index contributed by atoms with van der Waals surface area (Å²) in [6, 6.07) is 11.0. The van der Waals surface area contributed by atoms with E-state index in [1.54, 1.807) is 6.08 Å². The second-order valence-corrected chi connectivity index (χ2v) is 4.89. The lowest BCUT2D eigenvalue weighted by Gasteiger charge is -2.06. The number of fused-ring (bicyclic) bond motifs is 1. The zero-order valence-corrected chi connectivity index (χ0v) is 11.5. The van der Waals surface area contributed by atoms with Gasteiger partial charge in [0.05, 0.1) is 5.56 Å². The lowest BCUT2D eigenvalue weighted by molar-refractivity contribution is -0.137. The van der Waals surface area contributed by atoms with Crippen LogP contribution in [0.3, 0.4) is 0 Å². The molecule has 0 spiro atoms. The van der Waals surface area contributed by atoms with Gasteiger partial charge >= 0.3 is 6.18 Å². The summed E-state index contributed by atoms with van der Waals surface area (Å²) in [6.45, 7) is 3.71. The lowest BCUT2D eigenvalue weighted by atomic mass is 9.99. The van der Waals surface area contributed by atoms with Crippen LogP contribution in [0.15, 0.2) is 59.6 Å². The highest BCUT2D eigenvalue weighted by atomic mass is 19.4. The van der Waals surface area contributed by atoms with Crippen LogP contribution in [-0.2, 0) is 12.6 Å². The Morgan fingerprint density at radius 2 is 1.91 bits per heavy atom. The maximum Gasteiger partial charge on any atom is 0.416 e. The van der Waals surface area contributed by atoms with Crippen molar-refractivity contribution in [3.05, 3.63) is 66.2 Å². The number of benzene rings is 2. The minimum Gasteiger partial charge on any atom is -0.356 e. The number of hydrogen-bond donors (Lipinski definition) is 0. The quantitative estimate of drug-likeness (QED) is 0.618. The number of halogens is 3. The van der Waals surface area contributed by atoms with Crippen LogP contribution < -0.4 is 0 Å². The molecule has 3 aromatic rings. The fourth-order valence-electron chi connectivity index (χ4n) is 2.39. The van der Waals surface area contributed by atoms with Crippen LogP contribution >= 0.6 is 0 Å². The van der Waals surface area contributed by atoms with Crippen LogP contribution in [0.4, 0.5) is 13.2 Å². The van der Waals surface area contributed by atoms with Crippen LogP contribution in [0, 0.1) is 0 Å². The topological polar surface area (TPSA) is 26.0 Å². The maximum atomic E-state index is 12.7. The third kappa shape index (κ3) is 2.50. The molecule has 0 unspecified atom stereocenters. The van der Waals surface area contributed by atoms with Crippen molar-refractivity contribution in [1.82, 2.24) is 5.16 Å². The minimum atomic E-state index is -4.40. The highest BCUT2D eigenvalue weighted by molar-refractivity contribution is 5.92. The van der Waals surface area contributed by atoms with E-state index in [1.165, 1.54) is 6.07 Å². The van der Waals surface area contributed by atoms with Gasteiger partial charge in [-0.1, -0.05) is 35.5 Å². The number of alkyl halides is 3. The molecule has 5 heteroatoms. The van der Waals surface area contributed by atoms with E-state index < -0.39 is 11.7 Å². The molecule has 0 fully saturated rings. The second kappa shape index (κ2) is 5.33. The van der Waals surface area contributed by atoms with E-state index >= 15 is 0 Å². The van der Waals surface area contributed by atoms with Crippen molar-refractivity contribution in [1.29, 1.82) is 0 Å². The van der Waals surface area contributed by atoms with Gasteiger partial charge in [0.2, 0.25) is 0 Å². The Morgan fingerprint density at radius 1 is 1.14 bits per heavy atom. The lowest BCUT2D eigenvalue weighted by Crippen LogP contribution is -2.03. The number of nitrogens with zero attached hydrogens (tertiary/aromatic N) is 1. The van der Waals surface area contributed by atoms with Crippen molar-refractivity contribution in [2.45, 2.75) is 12.6 Å². The molecule has 2 nitrogen and oxygen atoms in total. The largest absolute Gasteiger partial charge is 0.416 e. The Labute approximate surface area is 124 Å². The molecule has 2 aromatic carbocycles. The Hall–Kier alpha value is -2.56. The van der Waals surface area contributed by atoms with E-state index in [2.05, 4.69) is 11.7 Å². The van der Waals surface area contributed by atoms with Crippen LogP contribution in [0.5, 0.6) is 0 Å². The number of hydrogen-bond acceptors (Lipinski definition) is 2. The SMILES string of the molecule is C=CCc1ccccc1-c1noc2cc(C(F)(F)F)ccc12. The van der Waals surface area contributed by atoms with Gasteiger partial charge < -0.3 is 4.52 Å². The molecule has 0 N–H and O–H groups in total. The Kier molecular flexibility index (Phi) is 3.48. The number of allylic oxidation sites excluding steroid dienone is 1. The first-order valence-electron chi connectivity index (χ1n) is 6.66. The Morgan fingerprint density at radius 3 is 2.64 bits per heavy atom. The first kappa shape index (κ1) is 14.4. The molecule has 0 saturated carbocycles. The van der Waals surface area contributed by atoms with Crippen molar-refractivity contribution in [2.75, 3.05) is 0 Å². The van der Waals surface area contributed by atoms with E-state index in [9.17, 15) is 13.2 Å². The molecular formula is C17H12F3NO. The number of aromatic nitrogens is 1. The summed E-state index contributed by atoms with van der Waals surface area (Å²) >= 11 is 0. The minimum absolute atomic E-state index is 0.123. The molecule has 0 radical (unpaired) electrons. The predicted octanol–water partition coefficient (Wildman–Crippen LogP) is 5.24. The normalized spacial score (nSPS) is 11.8. The summed E-state index contributed by atoms with van der Waals surface area (Å²) in [5, 5.41) is 4.51. The molecule has 1 heterocycles. The molecule has 0 aliphatic rings. The van der Waals surface area contributed by atoms with Gasteiger partial charge in [-0.15, -0.1) is 6.58 Å². The fourth-order valence-corrected chi connectivity index (χ4v) is 2.39. The zero-order chi connectivity index (χ0) is 15.7. The summed E-state index contributed by atoms with van der Waals surface area (Å²) in [5.74, 6) is 0. The summed E-state index contributed by atoms with van der Waals surface area (Å²) in [6.07, 6.45) is -1.99. The molecule has 0 amide bonds. The van der Waals surface area contributed by atoms with Gasteiger partial charge in [-0.05, 0) is 30.2 Å². The van der Waals surface area contributed by atoms with Gasteiger partial charge in [-0.3, -0.25) is 0 Å². The van der Waals surface area contributed by atoms with Gasteiger partial charge in [0.15, 0.2) is 5.58 Å². The third-order valence-corrected chi connectivity index (χ3v) is 3.44. The number of rotatable bonds is 3. The van der Waals surface area contributed by atoms with E-state index in [0.717, 1.165) is 23.3 Å².